The summed E-state index contributed by atoms with van der Waals surface area (Å²) in [5.74, 6) is 3.42. The van der Waals surface area contributed by atoms with Gasteiger partial charge in [0.05, 0.1) is 6.54 Å². The van der Waals surface area contributed by atoms with Crippen molar-refractivity contribution in [3.8, 4) is 11.5 Å². The van der Waals surface area contributed by atoms with Crippen molar-refractivity contribution in [2.75, 3.05) is 19.9 Å². The van der Waals surface area contributed by atoms with E-state index in [1.54, 1.807) is 17.7 Å². The third-order valence-electron chi connectivity index (χ3n) is 4.77. The van der Waals surface area contributed by atoms with Gasteiger partial charge in [-0.05, 0) is 35.6 Å². The highest BCUT2D eigenvalue weighted by Crippen LogP contribution is 2.32. The van der Waals surface area contributed by atoms with Gasteiger partial charge in [0.2, 0.25) is 6.79 Å². The number of benzene rings is 1. The van der Waals surface area contributed by atoms with Gasteiger partial charge in [-0.2, -0.15) is 0 Å². The maximum atomic E-state index is 5.46. The number of ether oxygens (including phenoxy) is 2. The largest absolute Gasteiger partial charge is 0.454 e. The molecule has 0 radical (unpaired) electrons. The summed E-state index contributed by atoms with van der Waals surface area (Å²) in [7, 11) is 0. The van der Waals surface area contributed by atoms with Crippen molar-refractivity contribution in [2.45, 2.75) is 32.9 Å². The second kappa shape index (κ2) is 11.9. The van der Waals surface area contributed by atoms with Gasteiger partial charge in [0.1, 0.15) is 12.2 Å². The molecule has 0 unspecified atom stereocenters. The topological polar surface area (TPSA) is 85.6 Å². The summed E-state index contributed by atoms with van der Waals surface area (Å²) in [5, 5.41) is 17.1. The van der Waals surface area contributed by atoms with Crippen molar-refractivity contribution >= 4 is 41.3 Å². The zero-order chi connectivity index (χ0) is 20.6. The Balaban J connectivity index is 0.00000272. The zero-order valence-electron chi connectivity index (χ0n) is 17.4. The van der Waals surface area contributed by atoms with Gasteiger partial charge < -0.3 is 24.7 Å². The molecule has 4 rings (SSSR count). The summed E-state index contributed by atoms with van der Waals surface area (Å²) in [6, 6.07) is 10.2. The minimum absolute atomic E-state index is 0. The van der Waals surface area contributed by atoms with Gasteiger partial charge in [0, 0.05) is 30.9 Å². The average Bonchev–Trinajstić information content (AvgIpc) is 3.52. The van der Waals surface area contributed by atoms with Crippen LogP contribution in [0.2, 0.25) is 0 Å². The standard InChI is InChI=1S/C21H26N6O2S.HI/c1-2-20-26-25-14-27(20)10-9-23-21(24-13-17-4-3-11-30-17)22-8-7-16-5-6-18-19(12-16)29-15-28-18;/h3-6,11-12,14H,2,7-10,13,15H2,1H3,(H2,22,23,24);1H. The fraction of sp³-hybridized carbons (Fsp3) is 0.381. The second-order valence-electron chi connectivity index (χ2n) is 6.83. The first-order valence-corrected chi connectivity index (χ1v) is 11.0. The molecule has 2 aromatic heterocycles. The van der Waals surface area contributed by atoms with Crippen LogP contribution in [0, 0.1) is 0 Å². The number of aromatic nitrogens is 3. The molecule has 3 aromatic rings. The summed E-state index contributed by atoms with van der Waals surface area (Å²) >= 11 is 1.71. The Morgan fingerprint density at radius 2 is 2.06 bits per heavy atom. The molecule has 1 aliphatic heterocycles. The Bertz CT molecular complexity index is 976. The normalized spacial score (nSPS) is 12.5. The molecular weight excluding hydrogens is 527 g/mol. The zero-order valence-corrected chi connectivity index (χ0v) is 20.6. The molecule has 10 heteroatoms. The first-order valence-electron chi connectivity index (χ1n) is 10.1. The third kappa shape index (κ3) is 6.57. The first-order chi connectivity index (χ1) is 14.8. The highest BCUT2D eigenvalue weighted by atomic mass is 127. The van der Waals surface area contributed by atoms with Crippen molar-refractivity contribution < 1.29 is 9.47 Å². The van der Waals surface area contributed by atoms with Gasteiger partial charge in [-0.3, -0.25) is 0 Å². The van der Waals surface area contributed by atoms with Crippen molar-refractivity contribution in [1.29, 1.82) is 0 Å². The fourth-order valence-corrected chi connectivity index (χ4v) is 3.82. The smallest absolute Gasteiger partial charge is 0.231 e. The van der Waals surface area contributed by atoms with E-state index in [2.05, 4.69) is 49.8 Å². The molecule has 1 aromatic carbocycles. The Labute approximate surface area is 203 Å². The first kappa shape index (κ1) is 23.3. The Kier molecular flexibility index (Phi) is 8.95. The van der Waals surface area contributed by atoms with Gasteiger partial charge in [-0.25, -0.2) is 4.99 Å². The van der Waals surface area contributed by atoms with Crippen LogP contribution in [0.5, 0.6) is 11.5 Å². The van der Waals surface area contributed by atoms with E-state index < -0.39 is 0 Å². The number of nitrogens with zero attached hydrogens (tertiary/aromatic N) is 4. The van der Waals surface area contributed by atoms with Gasteiger partial charge in [0.25, 0.3) is 0 Å². The molecule has 0 spiro atoms. The van der Waals surface area contributed by atoms with Gasteiger partial charge in [0.15, 0.2) is 17.5 Å². The van der Waals surface area contributed by atoms with E-state index in [4.69, 9.17) is 14.5 Å². The number of nitrogens with one attached hydrogen (secondary N) is 2. The van der Waals surface area contributed by atoms with Crippen LogP contribution in [0.15, 0.2) is 47.0 Å². The van der Waals surface area contributed by atoms with Crippen molar-refractivity contribution in [2.24, 2.45) is 4.99 Å². The minimum Gasteiger partial charge on any atom is -0.454 e. The van der Waals surface area contributed by atoms with E-state index in [-0.39, 0.29) is 24.0 Å². The number of fused-ring (bicyclic) bond motifs is 1. The molecule has 0 aliphatic carbocycles. The van der Waals surface area contributed by atoms with E-state index in [0.29, 0.717) is 13.3 Å². The Hall–Kier alpha value is -2.34. The van der Waals surface area contributed by atoms with Crippen molar-refractivity contribution in [3.63, 3.8) is 0 Å². The summed E-state index contributed by atoms with van der Waals surface area (Å²) in [5.41, 5.74) is 1.20. The summed E-state index contributed by atoms with van der Waals surface area (Å²) in [6.45, 7) is 5.34. The van der Waals surface area contributed by atoms with Gasteiger partial charge in [-0.1, -0.05) is 19.1 Å². The van der Waals surface area contributed by atoms with Crippen LogP contribution in [0.3, 0.4) is 0 Å². The number of aliphatic imine (C=N–C) groups is 1. The molecule has 8 nitrogen and oxygen atoms in total. The fourth-order valence-electron chi connectivity index (χ4n) is 3.19. The number of rotatable bonds is 9. The Morgan fingerprint density at radius 1 is 1.19 bits per heavy atom. The molecule has 0 amide bonds. The van der Waals surface area contributed by atoms with Crippen LogP contribution in [0.1, 0.15) is 23.2 Å². The van der Waals surface area contributed by atoms with Gasteiger partial charge in [-0.15, -0.1) is 45.5 Å². The van der Waals surface area contributed by atoms with Crippen LogP contribution in [-0.4, -0.2) is 40.6 Å². The van der Waals surface area contributed by atoms with E-state index in [1.807, 2.05) is 18.2 Å². The van der Waals surface area contributed by atoms with Gasteiger partial charge >= 0.3 is 0 Å². The van der Waals surface area contributed by atoms with E-state index >= 15 is 0 Å². The predicted molar refractivity (Wildman–Crippen MR) is 133 cm³/mol. The molecule has 1 aliphatic rings. The molecular formula is C21H27IN6O2S. The molecule has 0 fully saturated rings. The van der Waals surface area contributed by atoms with E-state index in [9.17, 15) is 0 Å². The highest BCUT2D eigenvalue weighted by molar-refractivity contribution is 14.0. The Morgan fingerprint density at radius 3 is 2.90 bits per heavy atom. The number of hydrogen-bond acceptors (Lipinski definition) is 6. The second-order valence-corrected chi connectivity index (χ2v) is 7.86. The number of guanidine groups is 1. The molecule has 166 valence electrons. The number of aryl methyl sites for hydroxylation is 1. The number of hydrogen-bond donors (Lipinski definition) is 2. The SMILES string of the molecule is CCc1nncn1CCNC(=NCc1cccs1)NCCc1ccc2c(c1)OCO2.I. The summed E-state index contributed by atoms with van der Waals surface area (Å²) in [6.07, 6.45) is 3.50. The lowest BCUT2D eigenvalue weighted by Crippen LogP contribution is -2.40. The van der Waals surface area contributed by atoms with Crippen LogP contribution in [0.4, 0.5) is 0 Å². The predicted octanol–water partition coefficient (Wildman–Crippen LogP) is 3.23. The van der Waals surface area contributed by atoms with Crippen molar-refractivity contribution in [1.82, 2.24) is 25.4 Å². The lowest BCUT2D eigenvalue weighted by atomic mass is 10.1. The summed E-state index contributed by atoms with van der Waals surface area (Å²) < 4.78 is 12.9. The third-order valence-corrected chi connectivity index (χ3v) is 5.63. The number of halogens is 1. The molecule has 31 heavy (non-hydrogen) atoms. The van der Waals surface area contributed by atoms with E-state index in [0.717, 1.165) is 55.8 Å². The quantitative estimate of drug-likeness (QED) is 0.240. The molecule has 0 atom stereocenters. The maximum absolute atomic E-state index is 5.46. The molecule has 0 saturated carbocycles. The van der Waals surface area contributed by atoms with Crippen LogP contribution in [0.25, 0.3) is 0 Å². The minimum atomic E-state index is 0. The van der Waals surface area contributed by atoms with E-state index in [1.165, 1.54) is 10.4 Å². The molecule has 2 N–H and O–H groups in total. The molecule has 0 saturated heterocycles. The van der Waals surface area contributed by atoms with Crippen LogP contribution in [-0.2, 0) is 25.9 Å². The van der Waals surface area contributed by atoms with Crippen LogP contribution < -0.4 is 20.1 Å². The summed E-state index contributed by atoms with van der Waals surface area (Å²) in [4.78, 5) is 5.97. The average molecular weight is 554 g/mol. The lowest BCUT2D eigenvalue weighted by Gasteiger charge is -2.13. The molecule has 0 bridgehead atoms. The van der Waals surface area contributed by atoms with Crippen LogP contribution >= 0.6 is 35.3 Å². The lowest BCUT2D eigenvalue weighted by molar-refractivity contribution is 0.174. The molecule has 3 heterocycles. The number of thiophene rings is 1. The van der Waals surface area contributed by atoms with Crippen molar-refractivity contribution in [3.05, 3.63) is 58.3 Å². The maximum Gasteiger partial charge on any atom is 0.231 e. The highest BCUT2D eigenvalue weighted by Gasteiger charge is 2.13. The monoisotopic (exact) mass is 554 g/mol.